The van der Waals surface area contributed by atoms with Gasteiger partial charge in [-0.3, -0.25) is 4.79 Å². The molecule has 1 aromatic carbocycles. The Labute approximate surface area is 68.6 Å². The topological polar surface area (TPSA) is 84.7 Å². The molecule has 0 saturated carbocycles. The van der Waals surface area contributed by atoms with Crippen molar-refractivity contribution in [2.24, 2.45) is 5.73 Å². The lowest BCUT2D eigenvalue weighted by Crippen LogP contribution is -1.82. The van der Waals surface area contributed by atoms with Gasteiger partial charge in [0, 0.05) is 0 Å². The molecule has 5 heteroatoms. The Morgan fingerprint density at radius 1 is 1.25 bits per heavy atom. The van der Waals surface area contributed by atoms with Gasteiger partial charge in [0.1, 0.15) is 11.0 Å². The van der Waals surface area contributed by atoms with E-state index in [4.69, 9.17) is 4.79 Å². The number of carbonyl (C=O) groups is 1. The summed E-state index contributed by atoms with van der Waals surface area (Å²) < 4.78 is 0. The quantitative estimate of drug-likeness (QED) is 0.540. The van der Waals surface area contributed by atoms with Gasteiger partial charge in [0.05, 0.1) is 0 Å². The molecular formula is C7H8N4O. The molecule has 12 heavy (non-hydrogen) atoms. The van der Waals surface area contributed by atoms with Gasteiger partial charge in [-0.25, -0.2) is 0 Å². The maximum Gasteiger partial charge on any atom is 0.204 e. The van der Waals surface area contributed by atoms with Gasteiger partial charge in [-0.1, -0.05) is 12.1 Å². The van der Waals surface area contributed by atoms with Crippen molar-refractivity contribution < 1.29 is 4.79 Å². The second kappa shape index (κ2) is 4.07. The number of primary amides is 1. The third kappa shape index (κ3) is 1.79. The van der Waals surface area contributed by atoms with Crippen LogP contribution in [0.5, 0.6) is 0 Å². The van der Waals surface area contributed by atoms with Crippen LogP contribution in [-0.2, 0) is 4.79 Å². The highest BCUT2D eigenvalue weighted by molar-refractivity contribution is 5.72. The molecule has 0 fully saturated rings. The number of nitrogens with two attached hydrogens (primary N) is 1. The summed E-state index contributed by atoms with van der Waals surface area (Å²) in [6.45, 7) is 0. The molecule has 2 aromatic rings. The number of amides is 1. The zero-order valence-electron chi connectivity index (χ0n) is 6.27. The first-order valence-electron chi connectivity index (χ1n) is 3.29. The van der Waals surface area contributed by atoms with Crippen molar-refractivity contribution >= 4 is 17.4 Å². The second-order valence-electron chi connectivity index (χ2n) is 1.95. The van der Waals surface area contributed by atoms with Crippen molar-refractivity contribution in [2.45, 2.75) is 0 Å². The maximum atomic E-state index is 8.58. The summed E-state index contributed by atoms with van der Waals surface area (Å²) >= 11 is 0. The van der Waals surface area contributed by atoms with Crippen LogP contribution in [0.15, 0.2) is 24.3 Å². The molecule has 0 spiro atoms. The minimum atomic E-state index is 0.250. The van der Waals surface area contributed by atoms with Gasteiger partial charge in [0.2, 0.25) is 6.41 Å². The number of H-pyrrole nitrogens is 1. The number of aromatic amines is 1. The number of benzene rings is 1. The number of nitrogens with zero attached hydrogens (tertiary/aromatic N) is 2. The van der Waals surface area contributed by atoms with Crippen molar-refractivity contribution in [3.63, 3.8) is 0 Å². The highest BCUT2D eigenvalue weighted by Gasteiger charge is 1.90. The number of hydrogen-bond donors (Lipinski definition) is 2. The predicted octanol–water partition coefficient (Wildman–Crippen LogP) is 0.0594. The van der Waals surface area contributed by atoms with Crippen LogP contribution < -0.4 is 5.73 Å². The first kappa shape index (κ1) is 8.19. The number of nitrogens with one attached hydrogen (secondary N) is 1. The van der Waals surface area contributed by atoms with Gasteiger partial charge in [-0.2, -0.15) is 15.4 Å². The molecule has 1 aromatic heterocycles. The molecule has 1 heterocycles. The van der Waals surface area contributed by atoms with Crippen molar-refractivity contribution in [3.8, 4) is 0 Å². The number of fused-ring (bicyclic) bond motifs is 1. The zero-order chi connectivity index (χ0) is 8.81. The van der Waals surface area contributed by atoms with Crippen LogP contribution in [0, 0.1) is 0 Å². The van der Waals surface area contributed by atoms with Crippen LogP contribution in [-0.4, -0.2) is 21.8 Å². The molecule has 0 aliphatic carbocycles. The number of hydrogen-bond acceptors (Lipinski definition) is 3. The molecule has 5 nitrogen and oxygen atoms in total. The van der Waals surface area contributed by atoms with E-state index < -0.39 is 0 Å². The average molecular weight is 164 g/mol. The summed E-state index contributed by atoms with van der Waals surface area (Å²) in [7, 11) is 0. The summed E-state index contributed by atoms with van der Waals surface area (Å²) in [6, 6.07) is 7.70. The van der Waals surface area contributed by atoms with Crippen LogP contribution in [0.3, 0.4) is 0 Å². The number of carbonyl (C=O) groups excluding carboxylic acids is 1. The van der Waals surface area contributed by atoms with E-state index in [2.05, 4.69) is 21.1 Å². The molecule has 62 valence electrons. The third-order valence-electron chi connectivity index (χ3n) is 1.22. The fraction of sp³-hybridized carbons (Fsp3) is 0. The molecule has 0 saturated heterocycles. The fourth-order valence-corrected chi connectivity index (χ4v) is 0.786. The zero-order valence-corrected chi connectivity index (χ0v) is 6.27. The van der Waals surface area contributed by atoms with Crippen LogP contribution in [0.1, 0.15) is 0 Å². The molecule has 0 aliphatic heterocycles. The lowest BCUT2D eigenvalue weighted by molar-refractivity contribution is -0.106. The standard InChI is InChI=1S/C6H5N3.CH3NO/c1-2-4-6-5(3-1)7-9-8-6;2-1-3/h1-4H,(H,7,8,9);1H,(H2,2,3). The van der Waals surface area contributed by atoms with Gasteiger partial charge in [-0.05, 0) is 12.1 Å². The van der Waals surface area contributed by atoms with Crippen LogP contribution in [0.25, 0.3) is 11.0 Å². The molecular weight excluding hydrogens is 156 g/mol. The third-order valence-corrected chi connectivity index (χ3v) is 1.22. The first-order valence-corrected chi connectivity index (χ1v) is 3.29. The highest BCUT2D eigenvalue weighted by Crippen LogP contribution is 2.03. The largest absolute Gasteiger partial charge is 0.372 e. The minimum absolute atomic E-state index is 0.250. The number of para-hydroxylation sites is 2. The molecule has 1 amide bonds. The lowest BCUT2D eigenvalue weighted by Gasteiger charge is -1.78. The Kier molecular flexibility index (Phi) is 2.78. The summed E-state index contributed by atoms with van der Waals surface area (Å²) in [5.41, 5.74) is 6.00. The van der Waals surface area contributed by atoms with Crippen molar-refractivity contribution in [3.05, 3.63) is 24.3 Å². The maximum absolute atomic E-state index is 8.58. The smallest absolute Gasteiger partial charge is 0.204 e. The highest BCUT2D eigenvalue weighted by atomic mass is 16.1. The van der Waals surface area contributed by atoms with Gasteiger partial charge < -0.3 is 5.73 Å². The molecule has 0 atom stereocenters. The minimum Gasteiger partial charge on any atom is -0.372 e. The van der Waals surface area contributed by atoms with Gasteiger partial charge >= 0.3 is 0 Å². The van der Waals surface area contributed by atoms with Gasteiger partial charge in [0.25, 0.3) is 0 Å². The van der Waals surface area contributed by atoms with E-state index in [1.807, 2.05) is 24.3 Å². The second-order valence-corrected chi connectivity index (χ2v) is 1.95. The summed E-state index contributed by atoms with van der Waals surface area (Å²) in [5.74, 6) is 0. The van der Waals surface area contributed by atoms with Crippen LogP contribution >= 0.6 is 0 Å². The van der Waals surface area contributed by atoms with E-state index in [1.165, 1.54) is 0 Å². The normalized spacial score (nSPS) is 8.67. The van der Waals surface area contributed by atoms with E-state index in [0.717, 1.165) is 11.0 Å². The first-order chi connectivity index (χ1) is 5.88. The van der Waals surface area contributed by atoms with Crippen LogP contribution in [0.2, 0.25) is 0 Å². The molecule has 0 unspecified atom stereocenters. The van der Waals surface area contributed by atoms with E-state index >= 15 is 0 Å². The van der Waals surface area contributed by atoms with Crippen molar-refractivity contribution in [1.82, 2.24) is 15.4 Å². The van der Waals surface area contributed by atoms with Crippen molar-refractivity contribution in [2.75, 3.05) is 0 Å². The van der Waals surface area contributed by atoms with E-state index in [9.17, 15) is 0 Å². The Balaban J connectivity index is 0.000000213. The summed E-state index contributed by atoms with van der Waals surface area (Å²) in [5, 5.41) is 10.3. The average Bonchev–Trinajstić information content (AvgIpc) is 2.52. The Morgan fingerprint density at radius 3 is 2.08 bits per heavy atom. The molecule has 0 aliphatic rings. The van der Waals surface area contributed by atoms with Crippen molar-refractivity contribution in [1.29, 1.82) is 0 Å². The Hall–Kier alpha value is -1.91. The lowest BCUT2D eigenvalue weighted by atomic mass is 10.3. The number of aromatic nitrogens is 3. The van der Waals surface area contributed by atoms with E-state index in [0.29, 0.717) is 0 Å². The molecule has 3 N–H and O–H groups in total. The Morgan fingerprint density at radius 2 is 1.67 bits per heavy atom. The van der Waals surface area contributed by atoms with E-state index in [-0.39, 0.29) is 6.41 Å². The summed E-state index contributed by atoms with van der Waals surface area (Å²) in [6.07, 6.45) is 0.250. The molecule has 0 bridgehead atoms. The van der Waals surface area contributed by atoms with Gasteiger partial charge in [-0.15, -0.1) is 0 Å². The Bertz CT molecular complexity index is 327. The molecule has 0 radical (unpaired) electrons. The molecule has 2 rings (SSSR count). The monoisotopic (exact) mass is 164 g/mol. The fourth-order valence-electron chi connectivity index (χ4n) is 0.786. The van der Waals surface area contributed by atoms with E-state index in [1.54, 1.807) is 0 Å². The number of rotatable bonds is 0. The van der Waals surface area contributed by atoms with Gasteiger partial charge in [0.15, 0.2) is 0 Å². The summed E-state index contributed by atoms with van der Waals surface area (Å²) in [4.78, 5) is 8.58. The SMILES string of the molecule is NC=O.c1ccc2n[nH]nc2c1. The predicted molar refractivity (Wildman–Crippen MR) is 44.1 cm³/mol. The van der Waals surface area contributed by atoms with Crippen LogP contribution in [0.4, 0.5) is 0 Å².